The number of nitrogens with zero attached hydrogens (tertiary/aromatic N) is 3. The Bertz CT molecular complexity index is 537. The average Bonchev–Trinajstić information content (AvgIpc) is 2.85. The molecule has 94 valence electrons. The summed E-state index contributed by atoms with van der Waals surface area (Å²) in [5, 5.41) is 17.0. The number of benzene rings is 1. The molecule has 0 radical (unpaired) electrons. The molecule has 3 N–H and O–H groups in total. The molecular weight excluding hydrogens is 238 g/mol. The second kappa shape index (κ2) is 5.23. The number of H-pyrrole nitrogens is 1. The van der Waals surface area contributed by atoms with Crippen molar-refractivity contribution in [2.45, 2.75) is 13.2 Å². The van der Waals surface area contributed by atoms with E-state index in [0.717, 1.165) is 0 Å². The van der Waals surface area contributed by atoms with Gasteiger partial charge in [0.2, 0.25) is 0 Å². The van der Waals surface area contributed by atoms with Crippen LogP contribution < -0.4 is 10.5 Å². The molecule has 0 aliphatic heterocycles. The van der Waals surface area contributed by atoms with Gasteiger partial charge in [-0.05, 0) is 12.1 Å². The van der Waals surface area contributed by atoms with Gasteiger partial charge in [-0.1, -0.05) is 0 Å². The van der Waals surface area contributed by atoms with Crippen molar-refractivity contribution in [3.05, 3.63) is 46.0 Å². The first-order valence-corrected chi connectivity index (χ1v) is 5.16. The molecule has 8 heteroatoms. The van der Waals surface area contributed by atoms with Crippen molar-refractivity contribution >= 4 is 5.69 Å². The first kappa shape index (κ1) is 12.0. The topological polar surface area (TPSA) is 120 Å². The van der Waals surface area contributed by atoms with Crippen LogP contribution in [0.3, 0.4) is 0 Å². The van der Waals surface area contributed by atoms with Gasteiger partial charge in [-0.3, -0.25) is 15.2 Å². The Hall–Kier alpha value is -2.48. The third-order valence-electron chi connectivity index (χ3n) is 2.18. The van der Waals surface area contributed by atoms with E-state index in [-0.39, 0.29) is 18.8 Å². The van der Waals surface area contributed by atoms with E-state index < -0.39 is 4.92 Å². The molecule has 0 saturated carbocycles. The molecule has 0 amide bonds. The maximum atomic E-state index is 10.5. The van der Waals surface area contributed by atoms with Crippen LogP contribution in [0.4, 0.5) is 5.69 Å². The minimum Gasteiger partial charge on any atom is -0.486 e. The van der Waals surface area contributed by atoms with Crippen molar-refractivity contribution in [2.24, 2.45) is 5.73 Å². The van der Waals surface area contributed by atoms with Crippen molar-refractivity contribution < 1.29 is 9.66 Å². The molecule has 0 aliphatic rings. The van der Waals surface area contributed by atoms with E-state index in [1.165, 1.54) is 24.3 Å². The normalized spacial score (nSPS) is 10.3. The van der Waals surface area contributed by atoms with Crippen LogP contribution in [0.2, 0.25) is 0 Å². The number of nitro groups is 1. The SMILES string of the molecule is NCc1n[nH]c(COc2ccc([N+](=O)[O-])cc2)n1. The fraction of sp³-hybridized carbons (Fsp3) is 0.200. The second-order valence-corrected chi connectivity index (χ2v) is 3.44. The fourth-order valence-corrected chi connectivity index (χ4v) is 1.31. The Morgan fingerprint density at radius 3 is 2.67 bits per heavy atom. The number of hydrogen-bond acceptors (Lipinski definition) is 6. The zero-order valence-electron chi connectivity index (χ0n) is 9.37. The van der Waals surface area contributed by atoms with Crippen LogP contribution >= 0.6 is 0 Å². The summed E-state index contributed by atoms with van der Waals surface area (Å²) in [4.78, 5) is 14.1. The van der Waals surface area contributed by atoms with E-state index in [0.29, 0.717) is 17.4 Å². The lowest BCUT2D eigenvalue weighted by Crippen LogP contribution is -2.00. The summed E-state index contributed by atoms with van der Waals surface area (Å²) >= 11 is 0. The number of hydrogen-bond donors (Lipinski definition) is 2. The van der Waals surface area contributed by atoms with Gasteiger partial charge in [0.25, 0.3) is 5.69 Å². The van der Waals surface area contributed by atoms with Crippen molar-refractivity contribution in [2.75, 3.05) is 0 Å². The molecule has 0 unspecified atom stereocenters. The molecule has 2 aromatic rings. The standard InChI is InChI=1S/C10H11N5O3/c11-5-9-12-10(14-13-9)6-18-8-3-1-7(2-4-8)15(16)17/h1-4H,5-6,11H2,(H,12,13,14). The highest BCUT2D eigenvalue weighted by molar-refractivity contribution is 5.35. The highest BCUT2D eigenvalue weighted by atomic mass is 16.6. The number of non-ortho nitro benzene ring substituents is 1. The zero-order chi connectivity index (χ0) is 13.0. The summed E-state index contributed by atoms with van der Waals surface area (Å²) in [5.41, 5.74) is 5.39. The zero-order valence-corrected chi connectivity index (χ0v) is 9.37. The molecule has 1 aromatic carbocycles. The first-order chi connectivity index (χ1) is 8.69. The summed E-state index contributed by atoms with van der Waals surface area (Å²) in [6.45, 7) is 0.457. The molecule has 8 nitrogen and oxygen atoms in total. The number of ether oxygens (including phenoxy) is 1. The van der Waals surface area contributed by atoms with Crippen LogP contribution in [0.25, 0.3) is 0 Å². The summed E-state index contributed by atoms with van der Waals surface area (Å²) in [5.74, 6) is 1.58. The second-order valence-electron chi connectivity index (χ2n) is 3.44. The molecule has 1 heterocycles. The van der Waals surface area contributed by atoms with Crippen LogP contribution in [-0.2, 0) is 13.2 Å². The minimum absolute atomic E-state index is 0.0208. The molecular formula is C10H11N5O3. The highest BCUT2D eigenvalue weighted by Gasteiger charge is 2.06. The summed E-state index contributed by atoms with van der Waals surface area (Å²) in [7, 11) is 0. The van der Waals surface area contributed by atoms with Gasteiger partial charge in [0.1, 0.15) is 12.4 Å². The molecule has 1 aromatic heterocycles. The predicted octanol–water partition coefficient (Wildman–Crippen LogP) is 0.751. The van der Waals surface area contributed by atoms with E-state index >= 15 is 0 Å². The van der Waals surface area contributed by atoms with Crippen molar-refractivity contribution in [1.29, 1.82) is 0 Å². The maximum absolute atomic E-state index is 10.5. The largest absolute Gasteiger partial charge is 0.486 e. The predicted molar refractivity (Wildman–Crippen MR) is 61.7 cm³/mol. The molecule has 0 fully saturated rings. The van der Waals surface area contributed by atoms with Gasteiger partial charge in [0, 0.05) is 12.1 Å². The van der Waals surface area contributed by atoms with Gasteiger partial charge < -0.3 is 10.5 Å². The third-order valence-corrected chi connectivity index (χ3v) is 2.18. The minimum atomic E-state index is -0.465. The first-order valence-electron chi connectivity index (χ1n) is 5.16. The lowest BCUT2D eigenvalue weighted by molar-refractivity contribution is -0.384. The van der Waals surface area contributed by atoms with Gasteiger partial charge in [-0.2, -0.15) is 5.10 Å². The smallest absolute Gasteiger partial charge is 0.269 e. The number of rotatable bonds is 5. The van der Waals surface area contributed by atoms with Gasteiger partial charge in [0.05, 0.1) is 11.5 Å². The quantitative estimate of drug-likeness (QED) is 0.596. The average molecular weight is 249 g/mol. The van der Waals surface area contributed by atoms with Crippen LogP contribution in [-0.4, -0.2) is 20.1 Å². The number of nitrogens with one attached hydrogen (secondary N) is 1. The Kier molecular flexibility index (Phi) is 3.49. The molecule has 0 atom stereocenters. The molecule has 0 bridgehead atoms. The summed E-state index contributed by atoms with van der Waals surface area (Å²) < 4.78 is 5.39. The summed E-state index contributed by atoms with van der Waals surface area (Å²) in [6.07, 6.45) is 0. The molecule has 2 rings (SSSR count). The van der Waals surface area contributed by atoms with Gasteiger partial charge >= 0.3 is 0 Å². The van der Waals surface area contributed by atoms with Crippen molar-refractivity contribution in [3.63, 3.8) is 0 Å². The summed E-state index contributed by atoms with van der Waals surface area (Å²) in [6, 6.07) is 5.80. The van der Waals surface area contributed by atoms with Crippen LogP contribution in [0, 0.1) is 10.1 Å². The van der Waals surface area contributed by atoms with E-state index in [1.54, 1.807) is 0 Å². The van der Waals surface area contributed by atoms with E-state index in [2.05, 4.69) is 15.2 Å². The Morgan fingerprint density at radius 2 is 2.11 bits per heavy atom. The Balaban J connectivity index is 1.95. The Morgan fingerprint density at radius 1 is 1.39 bits per heavy atom. The maximum Gasteiger partial charge on any atom is 0.269 e. The van der Waals surface area contributed by atoms with E-state index in [4.69, 9.17) is 10.5 Å². The lowest BCUT2D eigenvalue weighted by Gasteiger charge is -2.02. The fourth-order valence-electron chi connectivity index (χ4n) is 1.31. The van der Waals surface area contributed by atoms with Gasteiger partial charge in [-0.15, -0.1) is 0 Å². The van der Waals surface area contributed by atoms with Crippen molar-refractivity contribution in [1.82, 2.24) is 15.2 Å². The van der Waals surface area contributed by atoms with Crippen molar-refractivity contribution in [3.8, 4) is 5.75 Å². The third kappa shape index (κ3) is 2.80. The molecule has 0 spiro atoms. The monoisotopic (exact) mass is 249 g/mol. The number of nitro benzene ring substituents is 1. The number of aromatic amines is 1. The Labute approximate surface area is 102 Å². The van der Waals surface area contributed by atoms with Gasteiger partial charge in [0.15, 0.2) is 11.6 Å². The lowest BCUT2D eigenvalue weighted by atomic mass is 10.3. The molecule has 0 saturated heterocycles. The number of nitrogens with two attached hydrogens (primary N) is 1. The highest BCUT2D eigenvalue weighted by Crippen LogP contribution is 2.17. The van der Waals surface area contributed by atoms with Gasteiger partial charge in [-0.25, -0.2) is 4.98 Å². The van der Waals surface area contributed by atoms with E-state index in [1.807, 2.05) is 0 Å². The number of aromatic nitrogens is 3. The molecule has 0 aliphatic carbocycles. The van der Waals surface area contributed by atoms with Crippen LogP contribution in [0.15, 0.2) is 24.3 Å². The van der Waals surface area contributed by atoms with Crippen LogP contribution in [0.1, 0.15) is 11.6 Å². The van der Waals surface area contributed by atoms with E-state index in [9.17, 15) is 10.1 Å². The van der Waals surface area contributed by atoms with Crippen LogP contribution in [0.5, 0.6) is 5.75 Å². The molecule has 18 heavy (non-hydrogen) atoms.